The number of carbonyl (C=O) groups excluding carboxylic acids is 1. The molecular weight excluding hydrogens is 285 g/mol. The Morgan fingerprint density at radius 2 is 2.18 bits per heavy atom. The van der Waals surface area contributed by atoms with E-state index in [-0.39, 0.29) is 17.8 Å². The zero-order valence-electron chi connectivity index (χ0n) is 9.67. The number of hydrogen-bond acceptors (Lipinski definition) is 1. The van der Waals surface area contributed by atoms with E-state index in [9.17, 15) is 9.18 Å². The largest absolute Gasteiger partial charge is 0.348 e. The average molecular weight is 300 g/mol. The first-order chi connectivity index (χ1) is 8.06. The first-order valence-corrected chi connectivity index (χ1v) is 6.70. The van der Waals surface area contributed by atoms with Crippen LogP contribution in [0.4, 0.5) is 4.39 Å². The van der Waals surface area contributed by atoms with E-state index in [2.05, 4.69) is 21.2 Å². The van der Waals surface area contributed by atoms with Crippen molar-refractivity contribution in [2.75, 3.05) is 0 Å². The first-order valence-electron chi connectivity index (χ1n) is 5.78. The molecule has 0 aliphatic heterocycles. The van der Waals surface area contributed by atoms with Crippen LogP contribution in [0.5, 0.6) is 0 Å². The van der Waals surface area contributed by atoms with Crippen molar-refractivity contribution < 1.29 is 9.18 Å². The highest BCUT2D eigenvalue weighted by molar-refractivity contribution is 9.09. The minimum Gasteiger partial charge on any atom is -0.348 e. The quantitative estimate of drug-likeness (QED) is 0.835. The highest BCUT2D eigenvalue weighted by Crippen LogP contribution is 2.25. The maximum atomic E-state index is 13.2. The van der Waals surface area contributed by atoms with E-state index in [0.29, 0.717) is 10.4 Å². The standard InChI is InChI=1S/C13H15BrFNO/c1-8-5-9(7-10(15)6-8)13(17)16-12-4-2-3-11(12)14/h5-7,11-12H,2-4H2,1H3,(H,16,17). The Morgan fingerprint density at radius 3 is 2.76 bits per heavy atom. The Morgan fingerprint density at radius 1 is 1.41 bits per heavy atom. The predicted molar refractivity (Wildman–Crippen MR) is 69.0 cm³/mol. The van der Waals surface area contributed by atoms with Crippen molar-refractivity contribution in [2.24, 2.45) is 0 Å². The van der Waals surface area contributed by atoms with Crippen LogP contribution in [0.2, 0.25) is 0 Å². The summed E-state index contributed by atoms with van der Waals surface area (Å²) in [5.41, 5.74) is 1.16. The molecule has 1 N–H and O–H groups in total. The molecule has 1 aromatic carbocycles. The molecule has 17 heavy (non-hydrogen) atoms. The molecule has 92 valence electrons. The lowest BCUT2D eigenvalue weighted by atomic mass is 10.1. The van der Waals surface area contributed by atoms with Crippen LogP contribution < -0.4 is 5.32 Å². The smallest absolute Gasteiger partial charge is 0.251 e. The molecule has 0 aromatic heterocycles. The van der Waals surface area contributed by atoms with Crippen LogP contribution in [-0.2, 0) is 0 Å². The van der Waals surface area contributed by atoms with Gasteiger partial charge in [0.25, 0.3) is 5.91 Å². The summed E-state index contributed by atoms with van der Waals surface area (Å²) in [6, 6.07) is 4.56. The SMILES string of the molecule is Cc1cc(F)cc(C(=O)NC2CCCC2Br)c1. The zero-order valence-corrected chi connectivity index (χ0v) is 11.3. The molecule has 4 heteroatoms. The third-order valence-corrected chi connectivity index (χ3v) is 4.15. The molecule has 0 bridgehead atoms. The minimum absolute atomic E-state index is 0.158. The highest BCUT2D eigenvalue weighted by atomic mass is 79.9. The number of halogens is 2. The maximum absolute atomic E-state index is 13.2. The topological polar surface area (TPSA) is 29.1 Å². The molecule has 0 saturated heterocycles. The van der Waals surface area contributed by atoms with Crippen LogP contribution in [0.25, 0.3) is 0 Å². The Labute approximate surface area is 109 Å². The summed E-state index contributed by atoms with van der Waals surface area (Å²) in [7, 11) is 0. The predicted octanol–water partition coefficient (Wildman–Crippen LogP) is 3.18. The Bertz CT molecular complexity index is 415. The number of aryl methyl sites for hydroxylation is 1. The van der Waals surface area contributed by atoms with Crippen LogP contribution in [0.1, 0.15) is 35.2 Å². The van der Waals surface area contributed by atoms with Crippen molar-refractivity contribution in [1.82, 2.24) is 5.32 Å². The fourth-order valence-electron chi connectivity index (χ4n) is 2.20. The molecule has 2 rings (SSSR count). The molecule has 1 amide bonds. The summed E-state index contributed by atoms with van der Waals surface area (Å²) in [6.45, 7) is 1.78. The molecule has 2 unspecified atom stereocenters. The summed E-state index contributed by atoms with van der Waals surface area (Å²) in [4.78, 5) is 12.3. The highest BCUT2D eigenvalue weighted by Gasteiger charge is 2.26. The normalized spacial score (nSPS) is 23.7. The van der Waals surface area contributed by atoms with Gasteiger partial charge in [0, 0.05) is 16.4 Å². The van der Waals surface area contributed by atoms with Crippen LogP contribution in [0.15, 0.2) is 18.2 Å². The molecule has 1 aromatic rings. The van der Waals surface area contributed by atoms with Crippen LogP contribution in [0, 0.1) is 12.7 Å². The number of hydrogen-bond donors (Lipinski definition) is 1. The second kappa shape index (κ2) is 5.17. The molecule has 0 spiro atoms. The van der Waals surface area contributed by atoms with E-state index in [4.69, 9.17) is 0 Å². The maximum Gasteiger partial charge on any atom is 0.251 e. The molecule has 2 nitrogen and oxygen atoms in total. The Balaban J connectivity index is 2.09. The molecule has 1 aliphatic rings. The van der Waals surface area contributed by atoms with Gasteiger partial charge in [0.2, 0.25) is 0 Å². The van der Waals surface area contributed by atoms with E-state index in [1.54, 1.807) is 13.0 Å². The summed E-state index contributed by atoms with van der Waals surface area (Å²) < 4.78 is 13.2. The Kier molecular flexibility index (Phi) is 3.82. The second-order valence-electron chi connectivity index (χ2n) is 4.54. The first kappa shape index (κ1) is 12.6. The molecule has 0 radical (unpaired) electrons. The van der Waals surface area contributed by atoms with E-state index in [0.717, 1.165) is 24.8 Å². The molecule has 1 fully saturated rings. The molecule has 2 atom stereocenters. The van der Waals surface area contributed by atoms with Gasteiger partial charge in [-0.05, 0) is 43.5 Å². The number of amides is 1. The number of carbonyl (C=O) groups is 1. The average Bonchev–Trinajstić information content (AvgIpc) is 2.63. The molecular formula is C13H15BrFNO. The van der Waals surface area contributed by atoms with Crippen LogP contribution in [-0.4, -0.2) is 16.8 Å². The monoisotopic (exact) mass is 299 g/mol. The van der Waals surface area contributed by atoms with Gasteiger partial charge in [-0.1, -0.05) is 22.4 Å². The summed E-state index contributed by atoms with van der Waals surface area (Å²) >= 11 is 3.55. The van der Waals surface area contributed by atoms with Crippen molar-refractivity contribution in [1.29, 1.82) is 0 Å². The third-order valence-electron chi connectivity index (χ3n) is 3.05. The number of nitrogens with one attached hydrogen (secondary N) is 1. The van der Waals surface area contributed by atoms with Gasteiger partial charge < -0.3 is 5.32 Å². The molecule has 1 aliphatic carbocycles. The van der Waals surface area contributed by atoms with E-state index < -0.39 is 0 Å². The van der Waals surface area contributed by atoms with Crippen molar-refractivity contribution in [3.05, 3.63) is 35.1 Å². The second-order valence-corrected chi connectivity index (χ2v) is 5.72. The third kappa shape index (κ3) is 3.06. The summed E-state index contributed by atoms with van der Waals surface area (Å²) in [5.74, 6) is -0.555. The Hall–Kier alpha value is -0.900. The zero-order chi connectivity index (χ0) is 12.4. The number of alkyl halides is 1. The lowest BCUT2D eigenvalue weighted by Crippen LogP contribution is -2.37. The van der Waals surface area contributed by atoms with Gasteiger partial charge in [-0.3, -0.25) is 4.79 Å². The van der Waals surface area contributed by atoms with Crippen molar-refractivity contribution in [3.63, 3.8) is 0 Å². The van der Waals surface area contributed by atoms with E-state index in [1.165, 1.54) is 12.1 Å². The van der Waals surface area contributed by atoms with Crippen molar-refractivity contribution >= 4 is 21.8 Å². The fraction of sp³-hybridized carbons (Fsp3) is 0.462. The van der Waals surface area contributed by atoms with Gasteiger partial charge in [0.1, 0.15) is 5.82 Å². The van der Waals surface area contributed by atoms with Gasteiger partial charge in [-0.25, -0.2) is 4.39 Å². The summed E-state index contributed by atoms with van der Waals surface area (Å²) in [5, 5.41) is 2.95. The van der Waals surface area contributed by atoms with Crippen LogP contribution in [0.3, 0.4) is 0 Å². The van der Waals surface area contributed by atoms with Gasteiger partial charge >= 0.3 is 0 Å². The summed E-state index contributed by atoms with van der Waals surface area (Å²) in [6.07, 6.45) is 3.17. The van der Waals surface area contributed by atoms with Gasteiger partial charge in [0.05, 0.1) is 0 Å². The van der Waals surface area contributed by atoms with Gasteiger partial charge in [0.15, 0.2) is 0 Å². The lowest BCUT2D eigenvalue weighted by molar-refractivity contribution is 0.0938. The van der Waals surface area contributed by atoms with Crippen molar-refractivity contribution in [2.45, 2.75) is 37.1 Å². The lowest BCUT2D eigenvalue weighted by Gasteiger charge is -2.16. The van der Waals surface area contributed by atoms with E-state index >= 15 is 0 Å². The van der Waals surface area contributed by atoms with Gasteiger partial charge in [-0.15, -0.1) is 0 Å². The number of benzene rings is 1. The van der Waals surface area contributed by atoms with Gasteiger partial charge in [-0.2, -0.15) is 0 Å². The fourth-order valence-corrected chi connectivity index (χ4v) is 2.92. The van der Waals surface area contributed by atoms with E-state index in [1.807, 2.05) is 0 Å². The van der Waals surface area contributed by atoms with Crippen molar-refractivity contribution in [3.8, 4) is 0 Å². The molecule has 0 heterocycles. The van der Waals surface area contributed by atoms with Crippen LogP contribution >= 0.6 is 15.9 Å². The molecule has 1 saturated carbocycles. The minimum atomic E-state index is -0.364. The number of rotatable bonds is 2.